The predicted octanol–water partition coefficient (Wildman–Crippen LogP) is 2.08. The van der Waals surface area contributed by atoms with Crippen molar-refractivity contribution in [3.63, 3.8) is 0 Å². The first-order valence-corrected chi connectivity index (χ1v) is 5.54. The van der Waals surface area contributed by atoms with Crippen molar-refractivity contribution in [2.24, 2.45) is 0 Å². The molecule has 0 radical (unpaired) electrons. The Morgan fingerprint density at radius 2 is 2.18 bits per heavy atom. The standard InChI is InChI=1S/C12H16ClNO3/c1-14(2)7-9(12(15)16)8-4-5-11(17-3)10(13)6-8/h4-6,9H,7H2,1-3H3,(H,15,16). The van der Waals surface area contributed by atoms with E-state index in [-0.39, 0.29) is 0 Å². The molecule has 0 aliphatic rings. The van der Waals surface area contributed by atoms with E-state index in [1.165, 1.54) is 7.11 Å². The molecule has 1 N–H and O–H groups in total. The number of nitrogens with zero attached hydrogens (tertiary/aromatic N) is 1. The van der Waals surface area contributed by atoms with E-state index in [4.69, 9.17) is 16.3 Å². The SMILES string of the molecule is COc1ccc(C(CN(C)C)C(=O)O)cc1Cl. The highest BCUT2D eigenvalue weighted by atomic mass is 35.5. The van der Waals surface area contributed by atoms with Gasteiger partial charge in [-0.2, -0.15) is 0 Å². The average molecular weight is 258 g/mol. The van der Waals surface area contributed by atoms with Crippen molar-refractivity contribution in [3.8, 4) is 5.75 Å². The number of carbonyl (C=O) groups is 1. The summed E-state index contributed by atoms with van der Waals surface area (Å²) in [6.07, 6.45) is 0. The molecule has 0 aliphatic heterocycles. The molecule has 1 unspecified atom stereocenters. The first kappa shape index (κ1) is 13.8. The Bertz CT molecular complexity index is 407. The summed E-state index contributed by atoms with van der Waals surface area (Å²) in [5.41, 5.74) is 0.678. The quantitative estimate of drug-likeness (QED) is 0.878. The van der Waals surface area contributed by atoms with Gasteiger partial charge in [-0.1, -0.05) is 17.7 Å². The largest absolute Gasteiger partial charge is 0.495 e. The van der Waals surface area contributed by atoms with Gasteiger partial charge in [0.15, 0.2) is 0 Å². The van der Waals surface area contributed by atoms with Gasteiger partial charge in [0, 0.05) is 6.54 Å². The molecule has 5 heteroatoms. The molecule has 0 saturated carbocycles. The van der Waals surface area contributed by atoms with Crippen LogP contribution < -0.4 is 4.74 Å². The Kier molecular flexibility index (Phi) is 4.78. The monoisotopic (exact) mass is 257 g/mol. The zero-order chi connectivity index (χ0) is 13.0. The van der Waals surface area contributed by atoms with Gasteiger partial charge in [-0.15, -0.1) is 0 Å². The molecule has 0 spiro atoms. The van der Waals surface area contributed by atoms with Crippen LogP contribution in [-0.2, 0) is 4.79 Å². The molecule has 0 saturated heterocycles. The van der Waals surface area contributed by atoms with Crippen molar-refractivity contribution in [2.75, 3.05) is 27.7 Å². The molecule has 1 aromatic carbocycles. The third-order valence-corrected chi connectivity index (χ3v) is 2.72. The highest BCUT2D eigenvalue weighted by molar-refractivity contribution is 6.32. The first-order chi connectivity index (χ1) is 7.95. The number of hydrogen-bond donors (Lipinski definition) is 1. The smallest absolute Gasteiger partial charge is 0.312 e. The Hall–Kier alpha value is -1.26. The van der Waals surface area contributed by atoms with Gasteiger partial charge < -0.3 is 14.7 Å². The van der Waals surface area contributed by atoms with E-state index in [2.05, 4.69) is 0 Å². The number of hydrogen-bond acceptors (Lipinski definition) is 3. The topological polar surface area (TPSA) is 49.8 Å². The maximum atomic E-state index is 11.2. The molecule has 1 atom stereocenters. The molecule has 0 amide bonds. The van der Waals surface area contributed by atoms with Gasteiger partial charge in [0.25, 0.3) is 0 Å². The van der Waals surface area contributed by atoms with Gasteiger partial charge in [0.1, 0.15) is 5.75 Å². The van der Waals surface area contributed by atoms with Crippen LogP contribution in [0.1, 0.15) is 11.5 Å². The van der Waals surface area contributed by atoms with Gasteiger partial charge in [0.2, 0.25) is 0 Å². The second-order valence-electron chi connectivity index (χ2n) is 4.05. The number of methoxy groups -OCH3 is 1. The Labute approximate surface area is 106 Å². The van der Waals surface area contributed by atoms with Crippen molar-refractivity contribution in [2.45, 2.75) is 5.92 Å². The lowest BCUT2D eigenvalue weighted by atomic mass is 9.99. The molecule has 4 nitrogen and oxygen atoms in total. The third kappa shape index (κ3) is 3.61. The molecular weight excluding hydrogens is 242 g/mol. The summed E-state index contributed by atoms with van der Waals surface area (Å²) in [6, 6.07) is 5.05. The van der Waals surface area contributed by atoms with E-state index < -0.39 is 11.9 Å². The van der Waals surface area contributed by atoms with E-state index in [0.29, 0.717) is 22.9 Å². The Morgan fingerprint density at radius 1 is 1.53 bits per heavy atom. The molecule has 1 rings (SSSR count). The molecule has 1 aromatic rings. The van der Waals surface area contributed by atoms with Crippen molar-refractivity contribution in [1.82, 2.24) is 4.90 Å². The van der Waals surface area contributed by atoms with E-state index in [1.807, 2.05) is 19.0 Å². The number of ether oxygens (including phenoxy) is 1. The summed E-state index contributed by atoms with van der Waals surface area (Å²) in [6.45, 7) is 0.429. The average Bonchev–Trinajstić information content (AvgIpc) is 2.25. The number of benzene rings is 1. The lowest BCUT2D eigenvalue weighted by molar-refractivity contribution is -0.139. The second kappa shape index (κ2) is 5.89. The van der Waals surface area contributed by atoms with Gasteiger partial charge in [-0.25, -0.2) is 0 Å². The fourth-order valence-electron chi connectivity index (χ4n) is 1.59. The van der Waals surface area contributed by atoms with Crippen molar-refractivity contribution >= 4 is 17.6 Å². The first-order valence-electron chi connectivity index (χ1n) is 5.16. The minimum Gasteiger partial charge on any atom is -0.495 e. The minimum atomic E-state index is -0.861. The lowest BCUT2D eigenvalue weighted by Crippen LogP contribution is -2.26. The van der Waals surface area contributed by atoms with Crippen LogP contribution in [0, 0.1) is 0 Å². The summed E-state index contributed by atoms with van der Waals surface area (Å²) in [5.74, 6) is -0.905. The zero-order valence-corrected chi connectivity index (χ0v) is 10.9. The Balaban J connectivity index is 3.02. The third-order valence-electron chi connectivity index (χ3n) is 2.42. The number of carboxylic acid groups (broad SMARTS) is 1. The van der Waals surface area contributed by atoms with Crippen LogP contribution in [-0.4, -0.2) is 43.7 Å². The maximum absolute atomic E-state index is 11.2. The number of aliphatic carboxylic acids is 1. The molecule has 94 valence electrons. The number of carboxylic acids is 1. The van der Waals surface area contributed by atoms with Gasteiger partial charge in [-0.3, -0.25) is 4.79 Å². The summed E-state index contributed by atoms with van der Waals surface area (Å²) >= 11 is 5.98. The Morgan fingerprint density at radius 3 is 2.59 bits per heavy atom. The molecule has 0 fully saturated rings. The zero-order valence-electron chi connectivity index (χ0n) is 10.1. The maximum Gasteiger partial charge on any atom is 0.312 e. The van der Waals surface area contributed by atoms with Gasteiger partial charge in [-0.05, 0) is 31.8 Å². The van der Waals surface area contributed by atoms with E-state index in [0.717, 1.165) is 0 Å². The fraction of sp³-hybridized carbons (Fsp3) is 0.417. The summed E-state index contributed by atoms with van der Waals surface area (Å²) in [7, 11) is 5.19. The summed E-state index contributed by atoms with van der Waals surface area (Å²) in [4.78, 5) is 13.0. The molecule has 0 aromatic heterocycles. The van der Waals surface area contributed by atoms with Crippen LogP contribution in [0.2, 0.25) is 5.02 Å². The van der Waals surface area contributed by atoms with Crippen LogP contribution in [0.3, 0.4) is 0 Å². The molecule has 0 aliphatic carbocycles. The molecule has 0 bridgehead atoms. The highest BCUT2D eigenvalue weighted by Crippen LogP contribution is 2.28. The minimum absolute atomic E-state index is 0.426. The highest BCUT2D eigenvalue weighted by Gasteiger charge is 2.21. The van der Waals surface area contributed by atoms with Crippen LogP contribution in [0.15, 0.2) is 18.2 Å². The van der Waals surface area contributed by atoms with E-state index in [9.17, 15) is 9.90 Å². The number of rotatable bonds is 5. The van der Waals surface area contributed by atoms with Crippen molar-refractivity contribution in [1.29, 1.82) is 0 Å². The van der Waals surface area contributed by atoms with Crippen LogP contribution >= 0.6 is 11.6 Å². The molecule has 17 heavy (non-hydrogen) atoms. The fourth-order valence-corrected chi connectivity index (χ4v) is 1.86. The number of likely N-dealkylation sites (N-methyl/N-ethyl adjacent to an activating group) is 1. The van der Waals surface area contributed by atoms with Gasteiger partial charge in [0.05, 0.1) is 18.1 Å². The normalized spacial score (nSPS) is 12.5. The van der Waals surface area contributed by atoms with E-state index in [1.54, 1.807) is 18.2 Å². The predicted molar refractivity (Wildman–Crippen MR) is 66.9 cm³/mol. The van der Waals surface area contributed by atoms with Crippen molar-refractivity contribution < 1.29 is 14.6 Å². The number of halogens is 1. The van der Waals surface area contributed by atoms with Crippen LogP contribution in [0.5, 0.6) is 5.75 Å². The lowest BCUT2D eigenvalue weighted by Gasteiger charge is -2.18. The van der Waals surface area contributed by atoms with E-state index >= 15 is 0 Å². The van der Waals surface area contributed by atoms with Gasteiger partial charge >= 0.3 is 5.97 Å². The second-order valence-corrected chi connectivity index (χ2v) is 4.45. The van der Waals surface area contributed by atoms with Crippen LogP contribution in [0.4, 0.5) is 0 Å². The molecule has 0 heterocycles. The summed E-state index contributed by atoms with van der Waals surface area (Å²) in [5, 5.41) is 9.62. The summed E-state index contributed by atoms with van der Waals surface area (Å²) < 4.78 is 5.03. The van der Waals surface area contributed by atoms with Crippen molar-refractivity contribution in [3.05, 3.63) is 28.8 Å². The van der Waals surface area contributed by atoms with Crippen LogP contribution in [0.25, 0.3) is 0 Å². The molecular formula is C12H16ClNO3.